The molecule has 3 heterocycles. The molecule has 0 spiro atoms. The smallest absolute Gasteiger partial charge is 0.264 e. The monoisotopic (exact) mass is 378 g/mol. The number of hydrogen-bond donors (Lipinski definition) is 1. The van der Waals surface area contributed by atoms with Crippen molar-refractivity contribution in [2.45, 2.75) is 38.8 Å². The lowest BCUT2D eigenvalue weighted by atomic mass is 10.0. The molecule has 1 atom stereocenters. The summed E-state index contributed by atoms with van der Waals surface area (Å²) in [6, 6.07) is 13.4. The Morgan fingerprint density at radius 1 is 1.18 bits per heavy atom. The Labute approximate surface area is 162 Å². The van der Waals surface area contributed by atoms with Gasteiger partial charge < -0.3 is 9.47 Å². The first-order valence-electron chi connectivity index (χ1n) is 9.37. The zero-order valence-electron chi connectivity index (χ0n) is 15.7. The molecule has 1 aliphatic heterocycles. The van der Waals surface area contributed by atoms with Gasteiger partial charge in [0.15, 0.2) is 5.82 Å². The van der Waals surface area contributed by atoms with Crippen molar-refractivity contribution >= 4 is 5.91 Å². The number of amides is 1. The summed E-state index contributed by atoms with van der Waals surface area (Å²) in [5, 5.41) is 14.9. The van der Waals surface area contributed by atoms with Crippen molar-refractivity contribution in [1.82, 2.24) is 29.9 Å². The zero-order valence-corrected chi connectivity index (χ0v) is 15.7. The molecule has 8 nitrogen and oxygen atoms in total. The summed E-state index contributed by atoms with van der Waals surface area (Å²) in [5.41, 5.74) is 1.67. The van der Waals surface area contributed by atoms with Crippen molar-refractivity contribution in [3.8, 4) is 0 Å². The van der Waals surface area contributed by atoms with Crippen LogP contribution in [0.1, 0.15) is 35.4 Å². The second-order valence-electron chi connectivity index (χ2n) is 7.06. The van der Waals surface area contributed by atoms with Crippen LogP contribution >= 0.6 is 0 Å². The molecule has 0 saturated heterocycles. The highest BCUT2D eigenvalue weighted by molar-refractivity contribution is 5.76. The maximum atomic E-state index is 12.8. The molecule has 0 radical (unpaired) electrons. The highest BCUT2D eigenvalue weighted by atomic mass is 16.2. The van der Waals surface area contributed by atoms with Crippen LogP contribution in [0.4, 0.5) is 0 Å². The summed E-state index contributed by atoms with van der Waals surface area (Å²) in [7, 11) is 0. The van der Waals surface area contributed by atoms with E-state index in [4.69, 9.17) is 0 Å². The van der Waals surface area contributed by atoms with Crippen LogP contribution in [-0.2, 0) is 24.2 Å². The lowest BCUT2D eigenvalue weighted by Gasteiger charge is -2.34. The molecule has 0 saturated carbocycles. The number of H-pyrrole nitrogens is 1. The summed E-state index contributed by atoms with van der Waals surface area (Å²) in [5.74, 6) is 1.75. The van der Waals surface area contributed by atoms with E-state index in [0.717, 1.165) is 18.1 Å². The van der Waals surface area contributed by atoms with Crippen molar-refractivity contribution < 1.29 is 4.79 Å². The van der Waals surface area contributed by atoms with Gasteiger partial charge in [0, 0.05) is 25.5 Å². The number of rotatable bonds is 5. The number of aryl methyl sites for hydroxylation is 2. The van der Waals surface area contributed by atoms with Crippen LogP contribution in [0.3, 0.4) is 0 Å². The van der Waals surface area contributed by atoms with Crippen LogP contribution < -0.4 is 5.56 Å². The van der Waals surface area contributed by atoms with E-state index in [0.29, 0.717) is 31.6 Å². The van der Waals surface area contributed by atoms with Crippen LogP contribution in [0.25, 0.3) is 0 Å². The summed E-state index contributed by atoms with van der Waals surface area (Å²) >= 11 is 0. The lowest BCUT2D eigenvalue weighted by Crippen LogP contribution is -2.42. The predicted molar refractivity (Wildman–Crippen MR) is 103 cm³/mol. The predicted octanol–water partition coefficient (Wildman–Crippen LogP) is 1.43. The first-order chi connectivity index (χ1) is 13.6. The van der Waals surface area contributed by atoms with E-state index in [-0.39, 0.29) is 17.5 Å². The molecule has 3 aromatic rings. The molecule has 28 heavy (non-hydrogen) atoms. The topological polar surface area (TPSA) is 96.8 Å². The van der Waals surface area contributed by atoms with E-state index in [1.165, 1.54) is 11.6 Å². The second kappa shape index (κ2) is 7.75. The van der Waals surface area contributed by atoms with E-state index >= 15 is 0 Å². The van der Waals surface area contributed by atoms with E-state index < -0.39 is 0 Å². The van der Waals surface area contributed by atoms with Crippen LogP contribution in [0.2, 0.25) is 0 Å². The van der Waals surface area contributed by atoms with Crippen molar-refractivity contribution in [2.75, 3.05) is 6.54 Å². The molecule has 8 heteroatoms. The first-order valence-corrected chi connectivity index (χ1v) is 9.37. The Hall–Kier alpha value is -3.29. The highest BCUT2D eigenvalue weighted by Crippen LogP contribution is 2.25. The minimum atomic E-state index is -0.246. The zero-order chi connectivity index (χ0) is 19.5. The number of fused-ring (bicyclic) bond motifs is 1. The SMILES string of the molecule is Cc1nnc2n1[C@H](Cc1ccccc1)CN(C(=O)CCc1ccc(=O)[nH]n1)C2. The number of aromatic nitrogens is 5. The number of hydrogen-bond acceptors (Lipinski definition) is 5. The number of carbonyl (C=O) groups excluding carboxylic acids is 1. The quantitative estimate of drug-likeness (QED) is 0.724. The fraction of sp³-hybridized carbons (Fsp3) is 0.350. The molecule has 144 valence electrons. The van der Waals surface area contributed by atoms with Gasteiger partial charge in [0.2, 0.25) is 5.91 Å². The molecule has 1 aromatic carbocycles. The number of carbonyl (C=O) groups is 1. The van der Waals surface area contributed by atoms with Crippen LogP contribution in [0.15, 0.2) is 47.3 Å². The van der Waals surface area contributed by atoms with Gasteiger partial charge in [0.25, 0.3) is 5.56 Å². The fourth-order valence-electron chi connectivity index (χ4n) is 3.70. The van der Waals surface area contributed by atoms with Crippen molar-refractivity contribution in [3.05, 3.63) is 75.7 Å². The molecule has 2 aromatic heterocycles. The van der Waals surface area contributed by atoms with Gasteiger partial charge in [-0.25, -0.2) is 5.10 Å². The summed E-state index contributed by atoms with van der Waals surface area (Å²) in [6.07, 6.45) is 1.64. The maximum absolute atomic E-state index is 12.8. The Morgan fingerprint density at radius 3 is 2.75 bits per heavy atom. The third kappa shape index (κ3) is 3.85. The normalized spacial score (nSPS) is 16.0. The van der Waals surface area contributed by atoms with E-state index in [2.05, 4.69) is 37.1 Å². The third-order valence-corrected chi connectivity index (χ3v) is 5.06. The largest absolute Gasteiger partial charge is 0.333 e. The first kappa shape index (κ1) is 18.1. The van der Waals surface area contributed by atoms with Gasteiger partial charge in [-0.1, -0.05) is 30.3 Å². The Kier molecular flexibility index (Phi) is 5.01. The minimum Gasteiger partial charge on any atom is -0.333 e. The average molecular weight is 378 g/mol. The Bertz CT molecular complexity index is 1010. The molecule has 0 unspecified atom stereocenters. The molecule has 4 rings (SSSR count). The second-order valence-corrected chi connectivity index (χ2v) is 7.06. The van der Waals surface area contributed by atoms with Crippen LogP contribution in [0, 0.1) is 6.92 Å². The molecular formula is C20H22N6O2. The van der Waals surface area contributed by atoms with Gasteiger partial charge in [-0.15, -0.1) is 10.2 Å². The lowest BCUT2D eigenvalue weighted by molar-refractivity contribution is -0.133. The van der Waals surface area contributed by atoms with Gasteiger partial charge >= 0.3 is 0 Å². The van der Waals surface area contributed by atoms with Crippen molar-refractivity contribution in [2.24, 2.45) is 0 Å². The summed E-state index contributed by atoms with van der Waals surface area (Å²) < 4.78 is 2.15. The number of aromatic amines is 1. The van der Waals surface area contributed by atoms with Crippen LogP contribution in [0.5, 0.6) is 0 Å². The highest BCUT2D eigenvalue weighted by Gasteiger charge is 2.30. The van der Waals surface area contributed by atoms with E-state index in [9.17, 15) is 9.59 Å². The van der Waals surface area contributed by atoms with Gasteiger partial charge in [-0.05, 0) is 25.0 Å². The van der Waals surface area contributed by atoms with Gasteiger partial charge in [0.05, 0.1) is 18.3 Å². The van der Waals surface area contributed by atoms with E-state index in [1.807, 2.05) is 30.0 Å². The number of nitrogens with one attached hydrogen (secondary N) is 1. The maximum Gasteiger partial charge on any atom is 0.264 e. The standard InChI is InChI=1S/C20H22N6O2/c1-14-21-23-18-13-25(20(28)10-8-16-7-9-19(27)24-22-16)12-17(26(14)18)11-15-5-3-2-4-6-15/h2-7,9,17H,8,10-13H2,1H3,(H,24,27)/t17-/m1/s1. The average Bonchev–Trinajstić information content (AvgIpc) is 3.09. The van der Waals surface area contributed by atoms with Gasteiger partial charge in [-0.3, -0.25) is 9.59 Å². The van der Waals surface area contributed by atoms with E-state index in [1.54, 1.807) is 6.07 Å². The molecule has 0 bridgehead atoms. The van der Waals surface area contributed by atoms with Gasteiger partial charge in [-0.2, -0.15) is 5.10 Å². The number of nitrogens with zero attached hydrogens (tertiary/aromatic N) is 5. The molecular weight excluding hydrogens is 356 g/mol. The number of benzene rings is 1. The third-order valence-electron chi connectivity index (χ3n) is 5.06. The molecule has 1 N–H and O–H groups in total. The van der Waals surface area contributed by atoms with Crippen molar-refractivity contribution in [1.29, 1.82) is 0 Å². The summed E-state index contributed by atoms with van der Waals surface area (Å²) in [4.78, 5) is 25.8. The van der Waals surface area contributed by atoms with Crippen LogP contribution in [-0.4, -0.2) is 42.3 Å². The van der Waals surface area contributed by atoms with Crippen molar-refractivity contribution in [3.63, 3.8) is 0 Å². The molecule has 0 aliphatic carbocycles. The molecule has 1 aliphatic rings. The summed E-state index contributed by atoms with van der Waals surface area (Å²) in [6.45, 7) is 3.04. The minimum absolute atomic E-state index is 0.0537. The fourth-order valence-corrected chi connectivity index (χ4v) is 3.70. The Balaban J connectivity index is 1.48. The van der Waals surface area contributed by atoms with Gasteiger partial charge in [0.1, 0.15) is 5.82 Å². The Morgan fingerprint density at radius 2 is 2.00 bits per heavy atom. The molecule has 1 amide bonds. The molecule has 0 fully saturated rings.